The van der Waals surface area contributed by atoms with Crippen LogP contribution in [0.25, 0.3) is 0 Å². The maximum Gasteiger partial charge on any atom is 0.326 e. The largest absolute Gasteiger partial charge is 0.480 e. The monoisotopic (exact) mass is 288 g/mol. The van der Waals surface area contributed by atoms with Gasteiger partial charge in [0.25, 0.3) is 0 Å². The quantitative estimate of drug-likeness (QED) is 0.606. The van der Waals surface area contributed by atoms with Crippen molar-refractivity contribution in [2.75, 3.05) is 0 Å². The van der Waals surface area contributed by atoms with Crippen LogP contribution in [-0.4, -0.2) is 33.0 Å². The number of H-pyrrole nitrogens is 1. The number of carbonyl (C=O) groups is 2. The fourth-order valence-corrected chi connectivity index (χ4v) is 1.89. The molecule has 0 aliphatic carbocycles. The van der Waals surface area contributed by atoms with E-state index in [1.54, 1.807) is 24.3 Å². The molecule has 110 valence electrons. The zero-order chi connectivity index (χ0) is 15.2. The first-order valence-corrected chi connectivity index (χ1v) is 6.39. The number of aromatic nitrogens is 2. The van der Waals surface area contributed by atoms with Gasteiger partial charge in [-0.15, -0.1) is 0 Å². The van der Waals surface area contributed by atoms with E-state index in [0.717, 1.165) is 0 Å². The highest BCUT2D eigenvalue weighted by atomic mass is 16.4. The molecule has 0 aliphatic heterocycles. The second-order valence-electron chi connectivity index (χ2n) is 4.57. The molecule has 0 bridgehead atoms. The van der Waals surface area contributed by atoms with E-state index < -0.39 is 24.0 Å². The average molecular weight is 288 g/mol. The normalized spacial score (nSPS) is 13.4. The van der Waals surface area contributed by atoms with Crippen molar-refractivity contribution >= 4 is 11.9 Å². The third-order valence-electron chi connectivity index (χ3n) is 3.03. The number of carboxylic acids is 1. The maximum absolute atomic E-state index is 12.1. The Bertz CT molecular complexity index is 598. The summed E-state index contributed by atoms with van der Waals surface area (Å²) >= 11 is 0. The number of hydrogen-bond acceptors (Lipinski definition) is 4. The van der Waals surface area contributed by atoms with Crippen LogP contribution >= 0.6 is 0 Å². The molecule has 1 aromatic heterocycles. The number of carbonyl (C=O) groups excluding carboxylic acids is 1. The number of rotatable bonds is 6. The Morgan fingerprint density at radius 1 is 1.33 bits per heavy atom. The number of benzene rings is 1. The van der Waals surface area contributed by atoms with Gasteiger partial charge in [-0.05, 0) is 5.56 Å². The highest BCUT2D eigenvalue weighted by Crippen LogP contribution is 2.10. The molecule has 0 spiro atoms. The molecule has 0 unspecified atom stereocenters. The number of nitrogens with zero attached hydrogens (tertiary/aromatic N) is 1. The molecule has 1 amide bonds. The summed E-state index contributed by atoms with van der Waals surface area (Å²) in [5.41, 5.74) is 7.08. The molecule has 2 atom stereocenters. The van der Waals surface area contributed by atoms with Gasteiger partial charge in [-0.2, -0.15) is 0 Å². The summed E-state index contributed by atoms with van der Waals surface area (Å²) in [6.45, 7) is 0. The van der Waals surface area contributed by atoms with Crippen LogP contribution in [0.1, 0.15) is 17.3 Å². The number of nitrogens with one attached hydrogen (secondary N) is 2. The number of imidazole rings is 1. The van der Waals surface area contributed by atoms with E-state index in [1.165, 1.54) is 12.5 Å². The second-order valence-corrected chi connectivity index (χ2v) is 4.57. The Morgan fingerprint density at radius 2 is 2.05 bits per heavy atom. The standard InChI is InChI=1S/C14H16N4O3/c15-12(9-4-2-1-3-5-9)13(19)18-11(14(20)21)6-10-7-16-8-17-10/h1-5,7-8,11-12H,6,15H2,(H,16,17)(H,18,19)(H,20,21)/t11-,12-/m1/s1. The Kier molecular flexibility index (Phi) is 4.68. The Labute approximate surface area is 121 Å². The van der Waals surface area contributed by atoms with Crippen molar-refractivity contribution in [3.05, 3.63) is 54.1 Å². The number of carboxylic acid groups (broad SMARTS) is 1. The molecule has 7 heteroatoms. The number of nitrogens with two attached hydrogens (primary N) is 1. The minimum absolute atomic E-state index is 0.114. The zero-order valence-electron chi connectivity index (χ0n) is 11.2. The van der Waals surface area contributed by atoms with Gasteiger partial charge < -0.3 is 21.1 Å². The van der Waals surface area contributed by atoms with Crippen molar-refractivity contribution in [3.63, 3.8) is 0 Å². The molecule has 0 fully saturated rings. The Morgan fingerprint density at radius 3 is 2.62 bits per heavy atom. The van der Waals surface area contributed by atoms with Gasteiger partial charge in [-0.1, -0.05) is 30.3 Å². The van der Waals surface area contributed by atoms with E-state index in [9.17, 15) is 14.7 Å². The van der Waals surface area contributed by atoms with E-state index >= 15 is 0 Å². The van der Waals surface area contributed by atoms with Crippen LogP contribution in [0.15, 0.2) is 42.9 Å². The Hall–Kier alpha value is -2.67. The molecule has 5 N–H and O–H groups in total. The van der Waals surface area contributed by atoms with Gasteiger partial charge in [0, 0.05) is 18.3 Å². The van der Waals surface area contributed by atoms with E-state index in [2.05, 4.69) is 15.3 Å². The van der Waals surface area contributed by atoms with Crippen molar-refractivity contribution in [3.8, 4) is 0 Å². The number of hydrogen-bond donors (Lipinski definition) is 4. The summed E-state index contributed by atoms with van der Waals surface area (Å²) in [5, 5.41) is 11.6. The van der Waals surface area contributed by atoms with Crippen molar-refractivity contribution in [1.82, 2.24) is 15.3 Å². The lowest BCUT2D eigenvalue weighted by Gasteiger charge is -2.17. The van der Waals surface area contributed by atoms with Crippen LogP contribution in [0.4, 0.5) is 0 Å². The van der Waals surface area contributed by atoms with Crippen molar-refractivity contribution in [2.24, 2.45) is 5.73 Å². The minimum atomic E-state index is -1.13. The molecule has 0 aliphatic rings. The minimum Gasteiger partial charge on any atom is -0.480 e. The predicted molar refractivity (Wildman–Crippen MR) is 75.2 cm³/mol. The van der Waals surface area contributed by atoms with E-state index in [1.807, 2.05) is 6.07 Å². The molecule has 1 heterocycles. The lowest BCUT2D eigenvalue weighted by atomic mass is 10.1. The van der Waals surface area contributed by atoms with E-state index in [4.69, 9.17) is 5.73 Å². The van der Waals surface area contributed by atoms with Gasteiger partial charge >= 0.3 is 5.97 Å². The molecule has 0 saturated carbocycles. The summed E-state index contributed by atoms with van der Waals surface area (Å²) in [5.74, 6) is -1.66. The lowest BCUT2D eigenvalue weighted by molar-refractivity contribution is -0.142. The third kappa shape index (κ3) is 3.90. The molecule has 1 aromatic carbocycles. The van der Waals surface area contributed by atoms with Gasteiger partial charge in [-0.25, -0.2) is 9.78 Å². The summed E-state index contributed by atoms with van der Waals surface area (Å²) < 4.78 is 0. The number of aliphatic carboxylic acids is 1. The first-order valence-electron chi connectivity index (χ1n) is 6.39. The number of aromatic amines is 1. The van der Waals surface area contributed by atoms with Crippen LogP contribution < -0.4 is 11.1 Å². The van der Waals surface area contributed by atoms with Crippen LogP contribution in [0, 0.1) is 0 Å². The van der Waals surface area contributed by atoms with Crippen LogP contribution in [0.3, 0.4) is 0 Å². The first-order chi connectivity index (χ1) is 10.1. The fourth-order valence-electron chi connectivity index (χ4n) is 1.89. The molecule has 2 aromatic rings. The molecular weight excluding hydrogens is 272 g/mol. The molecular formula is C14H16N4O3. The van der Waals surface area contributed by atoms with Gasteiger partial charge in [0.15, 0.2) is 0 Å². The van der Waals surface area contributed by atoms with E-state index in [-0.39, 0.29) is 6.42 Å². The fraction of sp³-hybridized carbons (Fsp3) is 0.214. The topological polar surface area (TPSA) is 121 Å². The summed E-state index contributed by atoms with van der Waals surface area (Å²) in [7, 11) is 0. The van der Waals surface area contributed by atoms with Crippen molar-refractivity contribution < 1.29 is 14.7 Å². The maximum atomic E-state index is 12.1. The van der Waals surface area contributed by atoms with Crippen molar-refractivity contribution in [2.45, 2.75) is 18.5 Å². The van der Waals surface area contributed by atoms with Crippen LogP contribution in [-0.2, 0) is 16.0 Å². The molecule has 0 radical (unpaired) electrons. The van der Waals surface area contributed by atoms with E-state index in [0.29, 0.717) is 11.3 Å². The highest BCUT2D eigenvalue weighted by molar-refractivity contribution is 5.87. The number of amides is 1. The van der Waals surface area contributed by atoms with Gasteiger partial charge in [0.1, 0.15) is 12.1 Å². The van der Waals surface area contributed by atoms with Crippen LogP contribution in [0.5, 0.6) is 0 Å². The lowest BCUT2D eigenvalue weighted by Crippen LogP contribution is -2.46. The molecule has 0 saturated heterocycles. The summed E-state index contributed by atoms with van der Waals surface area (Å²) in [6, 6.07) is 6.81. The molecule has 2 rings (SSSR count). The molecule has 21 heavy (non-hydrogen) atoms. The predicted octanol–water partition coefficient (Wildman–Crippen LogP) is 0.222. The van der Waals surface area contributed by atoms with Gasteiger partial charge in [0.05, 0.1) is 6.33 Å². The second kappa shape index (κ2) is 6.67. The third-order valence-corrected chi connectivity index (χ3v) is 3.03. The SMILES string of the molecule is N[C@@H](C(=O)N[C@H](Cc1cnc[nH]1)C(=O)O)c1ccccc1. The smallest absolute Gasteiger partial charge is 0.326 e. The van der Waals surface area contributed by atoms with Crippen molar-refractivity contribution in [1.29, 1.82) is 0 Å². The average Bonchev–Trinajstić information content (AvgIpc) is 2.99. The Balaban J connectivity index is 2.03. The first kappa shape index (κ1) is 14.7. The van der Waals surface area contributed by atoms with Gasteiger partial charge in [0.2, 0.25) is 5.91 Å². The molecule has 7 nitrogen and oxygen atoms in total. The zero-order valence-corrected chi connectivity index (χ0v) is 11.2. The van der Waals surface area contributed by atoms with Gasteiger partial charge in [-0.3, -0.25) is 4.79 Å². The summed E-state index contributed by atoms with van der Waals surface area (Å²) in [6.07, 6.45) is 3.08. The van der Waals surface area contributed by atoms with Crippen LogP contribution in [0.2, 0.25) is 0 Å². The highest BCUT2D eigenvalue weighted by Gasteiger charge is 2.24. The summed E-state index contributed by atoms with van der Waals surface area (Å²) in [4.78, 5) is 29.9.